The Morgan fingerprint density at radius 3 is 2.89 bits per heavy atom. The maximum Gasteiger partial charge on any atom is 0.410 e. The van der Waals surface area contributed by atoms with Gasteiger partial charge in [0, 0.05) is 24.9 Å². The number of likely N-dealkylation sites (N-methyl/N-ethyl adjacent to an activating group) is 1. The topological polar surface area (TPSA) is 47.4 Å². The van der Waals surface area contributed by atoms with Crippen LogP contribution in [0.25, 0.3) is 0 Å². The molecule has 100 valence electrons. The van der Waals surface area contributed by atoms with Crippen molar-refractivity contribution in [3.63, 3.8) is 0 Å². The SMILES string of the molecule is CCN(C(=O)OC(C)(C)C)[C@H]1Cc2ccnn2C1. The van der Waals surface area contributed by atoms with E-state index in [9.17, 15) is 4.79 Å². The summed E-state index contributed by atoms with van der Waals surface area (Å²) in [6, 6.07) is 2.16. The van der Waals surface area contributed by atoms with E-state index in [1.165, 1.54) is 5.69 Å². The van der Waals surface area contributed by atoms with Gasteiger partial charge in [-0.2, -0.15) is 5.10 Å². The van der Waals surface area contributed by atoms with Crippen LogP contribution >= 0.6 is 0 Å². The van der Waals surface area contributed by atoms with Crippen molar-refractivity contribution >= 4 is 6.09 Å². The van der Waals surface area contributed by atoms with Gasteiger partial charge < -0.3 is 9.64 Å². The summed E-state index contributed by atoms with van der Waals surface area (Å²) < 4.78 is 7.39. The normalized spacial score (nSPS) is 18.6. The number of carbonyl (C=O) groups is 1. The van der Waals surface area contributed by atoms with Gasteiger partial charge >= 0.3 is 6.09 Å². The van der Waals surface area contributed by atoms with Crippen LogP contribution < -0.4 is 0 Å². The Balaban J connectivity index is 2.02. The highest BCUT2D eigenvalue weighted by Gasteiger charge is 2.32. The summed E-state index contributed by atoms with van der Waals surface area (Å²) in [5.74, 6) is 0. The number of nitrogens with zero attached hydrogens (tertiary/aromatic N) is 3. The highest BCUT2D eigenvalue weighted by Crippen LogP contribution is 2.20. The first-order valence-corrected chi connectivity index (χ1v) is 6.41. The summed E-state index contributed by atoms with van der Waals surface area (Å²) in [6.45, 7) is 9.06. The third kappa shape index (κ3) is 2.66. The minimum atomic E-state index is -0.448. The van der Waals surface area contributed by atoms with Crippen LogP contribution in [0.5, 0.6) is 0 Å². The molecule has 1 aromatic heterocycles. The molecule has 0 N–H and O–H groups in total. The van der Waals surface area contributed by atoms with E-state index < -0.39 is 5.60 Å². The number of fused-ring (bicyclic) bond motifs is 1. The highest BCUT2D eigenvalue weighted by atomic mass is 16.6. The largest absolute Gasteiger partial charge is 0.444 e. The Kier molecular flexibility index (Phi) is 3.32. The number of carbonyl (C=O) groups excluding carboxylic acids is 1. The van der Waals surface area contributed by atoms with Crippen molar-refractivity contribution in [2.45, 2.75) is 52.3 Å². The fourth-order valence-corrected chi connectivity index (χ4v) is 2.27. The van der Waals surface area contributed by atoms with E-state index in [4.69, 9.17) is 4.74 Å². The van der Waals surface area contributed by atoms with E-state index in [1.807, 2.05) is 38.4 Å². The van der Waals surface area contributed by atoms with E-state index in [-0.39, 0.29) is 12.1 Å². The number of aromatic nitrogens is 2. The molecule has 5 heteroatoms. The summed E-state index contributed by atoms with van der Waals surface area (Å²) in [6.07, 6.45) is 2.42. The molecule has 0 aromatic carbocycles. The van der Waals surface area contributed by atoms with E-state index >= 15 is 0 Å². The van der Waals surface area contributed by atoms with Crippen molar-refractivity contribution in [1.82, 2.24) is 14.7 Å². The Labute approximate surface area is 108 Å². The Morgan fingerprint density at radius 1 is 1.61 bits per heavy atom. The Bertz CT molecular complexity index is 413. The number of amides is 1. The second kappa shape index (κ2) is 4.63. The van der Waals surface area contributed by atoms with Crippen LogP contribution in [0, 0.1) is 0 Å². The van der Waals surface area contributed by atoms with Gasteiger partial charge in [0.25, 0.3) is 0 Å². The van der Waals surface area contributed by atoms with E-state index in [1.54, 1.807) is 11.1 Å². The van der Waals surface area contributed by atoms with Crippen molar-refractivity contribution in [1.29, 1.82) is 0 Å². The fourth-order valence-electron chi connectivity index (χ4n) is 2.27. The molecule has 0 unspecified atom stereocenters. The van der Waals surface area contributed by atoms with Crippen molar-refractivity contribution in [3.8, 4) is 0 Å². The van der Waals surface area contributed by atoms with Crippen molar-refractivity contribution in [2.75, 3.05) is 6.54 Å². The zero-order valence-corrected chi connectivity index (χ0v) is 11.5. The van der Waals surface area contributed by atoms with Crippen LogP contribution in [0.1, 0.15) is 33.4 Å². The minimum Gasteiger partial charge on any atom is -0.444 e. The number of hydrogen-bond acceptors (Lipinski definition) is 3. The molecular weight excluding hydrogens is 230 g/mol. The summed E-state index contributed by atoms with van der Waals surface area (Å²) in [5.41, 5.74) is 0.735. The molecule has 2 rings (SSSR count). The minimum absolute atomic E-state index is 0.161. The zero-order chi connectivity index (χ0) is 13.3. The van der Waals surface area contributed by atoms with Crippen LogP contribution in [0.4, 0.5) is 4.79 Å². The van der Waals surface area contributed by atoms with Crippen LogP contribution in [0.15, 0.2) is 12.3 Å². The lowest BCUT2D eigenvalue weighted by Gasteiger charge is -2.30. The molecule has 0 radical (unpaired) electrons. The van der Waals surface area contributed by atoms with Gasteiger partial charge in [0.15, 0.2) is 0 Å². The van der Waals surface area contributed by atoms with Gasteiger partial charge in [-0.05, 0) is 33.8 Å². The van der Waals surface area contributed by atoms with Gasteiger partial charge in [0.2, 0.25) is 0 Å². The van der Waals surface area contributed by atoms with Gasteiger partial charge in [-0.3, -0.25) is 4.68 Å². The van der Waals surface area contributed by atoms with E-state index in [0.717, 1.165) is 13.0 Å². The van der Waals surface area contributed by atoms with Crippen molar-refractivity contribution < 1.29 is 9.53 Å². The molecule has 0 spiro atoms. The van der Waals surface area contributed by atoms with Crippen molar-refractivity contribution in [2.24, 2.45) is 0 Å². The van der Waals surface area contributed by atoms with Gasteiger partial charge in [0.1, 0.15) is 5.60 Å². The first-order chi connectivity index (χ1) is 8.40. The predicted octanol–water partition coefficient (Wildman–Crippen LogP) is 2.06. The average Bonchev–Trinajstić information content (AvgIpc) is 2.75. The third-order valence-corrected chi connectivity index (χ3v) is 3.04. The molecule has 0 saturated heterocycles. The van der Waals surface area contributed by atoms with E-state index in [2.05, 4.69) is 5.10 Å². The third-order valence-electron chi connectivity index (χ3n) is 3.04. The summed E-state index contributed by atoms with van der Waals surface area (Å²) in [5, 5.41) is 4.24. The molecular formula is C13H21N3O2. The molecule has 1 aliphatic rings. The fraction of sp³-hybridized carbons (Fsp3) is 0.692. The maximum absolute atomic E-state index is 12.1. The van der Waals surface area contributed by atoms with Gasteiger partial charge in [0.05, 0.1) is 12.6 Å². The molecule has 0 saturated carbocycles. The molecule has 1 atom stereocenters. The molecule has 2 heterocycles. The molecule has 0 bridgehead atoms. The quantitative estimate of drug-likeness (QED) is 0.808. The maximum atomic E-state index is 12.1. The highest BCUT2D eigenvalue weighted by molar-refractivity contribution is 5.68. The second-order valence-electron chi connectivity index (χ2n) is 5.63. The van der Waals surface area contributed by atoms with Gasteiger partial charge in [-0.1, -0.05) is 0 Å². The molecule has 0 aliphatic carbocycles. The van der Waals surface area contributed by atoms with Crippen LogP contribution in [0.2, 0.25) is 0 Å². The lowest BCUT2D eigenvalue weighted by Crippen LogP contribution is -2.44. The standard InChI is InChI=1S/C13H21N3O2/c1-5-15(12(17)18-13(2,3)4)11-8-10-6-7-14-16(10)9-11/h6-7,11H,5,8-9H2,1-4H3/t11-/m0/s1. The Hall–Kier alpha value is -1.52. The monoisotopic (exact) mass is 251 g/mol. The van der Waals surface area contributed by atoms with Gasteiger partial charge in [-0.15, -0.1) is 0 Å². The summed E-state index contributed by atoms with van der Waals surface area (Å²) in [7, 11) is 0. The predicted molar refractivity (Wildman–Crippen MR) is 68.3 cm³/mol. The van der Waals surface area contributed by atoms with Gasteiger partial charge in [-0.25, -0.2) is 4.79 Å². The first-order valence-electron chi connectivity index (χ1n) is 6.41. The average molecular weight is 251 g/mol. The van der Waals surface area contributed by atoms with Crippen LogP contribution in [-0.2, 0) is 17.7 Å². The second-order valence-corrected chi connectivity index (χ2v) is 5.63. The summed E-state index contributed by atoms with van der Waals surface area (Å²) in [4.78, 5) is 13.9. The number of rotatable bonds is 2. The molecule has 5 nitrogen and oxygen atoms in total. The first kappa shape index (κ1) is 12.9. The Morgan fingerprint density at radius 2 is 2.33 bits per heavy atom. The molecule has 1 amide bonds. The van der Waals surface area contributed by atoms with Crippen LogP contribution in [0.3, 0.4) is 0 Å². The van der Waals surface area contributed by atoms with Crippen LogP contribution in [-0.4, -0.2) is 39.0 Å². The molecule has 1 aromatic rings. The smallest absolute Gasteiger partial charge is 0.410 e. The molecule has 0 fully saturated rings. The molecule has 18 heavy (non-hydrogen) atoms. The van der Waals surface area contributed by atoms with E-state index in [0.29, 0.717) is 6.54 Å². The lowest BCUT2D eigenvalue weighted by molar-refractivity contribution is 0.0171. The molecule has 1 aliphatic heterocycles. The van der Waals surface area contributed by atoms with Crippen molar-refractivity contribution in [3.05, 3.63) is 18.0 Å². The number of hydrogen-bond donors (Lipinski definition) is 0. The zero-order valence-electron chi connectivity index (χ0n) is 11.5. The lowest BCUT2D eigenvalue weighted by atomic mass is 10.2. The summed E-state index contributed by atoms with van der Waals surface area (Å²) >= 11 is 0. The number of ether oxygens (including phenoxy) is 1.